The molecular formula is C15H18O3. The third-order valence-corrected chi connectivity index (χ3v) is 4.59. The average molecular weight is 246 g/mol. The summed E-state index contributed by atoms with van der Waals surface area (Å²) >= 11 is 0. The number of fused-ring (bicyclic) bond motifs is 3. The van der Waals surface area contributed by atoms with Gasteiger partial charge < -0.3 is 9.84 Å². The number of carbonyl (C=O) groups is 1. The van der Waals surface area contributed by atoms with E-state index in [0.717, 1.165) is 17.6 Å². The predicted octanol–water partition coefficient (Wildman–Crippen LogP) is 2.13. The van der Waals surface area contributed by atoms with Gasteiger partial charge in [0.15, 0.2) is 0 Å². The highest BCUT2D eigenvalue weighted by molar-refractivity contribution is 5.91. The molecule has 0 spiro atoms. The fraction of sp³-hybridized carbons (Fsp3) is 0.533. The smallest absolute Gasteiger partial charge is 0.334 e. The van der Waals surface area contributed by atoms with E-state index < -0.39 is 5.60 Å². The van der Waals surface area contributed by atoms with Gasteiger partial charge in [0, 0.05) is 17.4 Å². The van der Waals surface area contributed by atoms with Crippen LogP contribution in [0.15, 0.2) is 35.5 Å². The van der Waals surface area contributed by atoms with Gasteiger partial charge in [-0.1, -0.05) is 24.3 Å². The highest BCUT2D eigenvalue weighted by Gasteiger charge is 2.51. The van der Waals surface area contributed by atoms with Gasteiger partial charge in [0.25, 0.3) is 0 Å². The molecule has 2 aliphatic carbocycles. The lowest BCUT2D eigenvalue weighted by Crippen LogP contribution is -2.33. The van der Waals surface area contributed by atoms with Gasteiger partial charge in [-0.05, 0) is 32.3 Å². The van der Waals surface area contributed by atoms with Crippen LogP contribution in [0.4, 0.5) is 0 Å². The molecule has 0 aromatic carbocycles. The number of rotatable bonds is 0. The first-order valence-electron chi connectivity index (χ1n) is 6.43. The van der Waals surface area contributed by atoms with E-state index >= 15 is 0 Å². The summed E-state index contributed by atoms with van der Waals surface area (Å²) in [6, 6.07) is 0. The van der Waals surface area contributed by atoms with Gasteiger partial charge >= 0.3 is 5.97 Å². The Labute approximate surface area is 107 Å². The summed E-state index contributed by atoms with van der Waals surface area (Å²) in [7, 11) is 0. The lowest BCUT2D eigenvalue weighted by atomic mass is 9.81. The molecule has 2 fully saturated rings. The number of hydrogen-bond donors (Lipinski definition) is 1. The first-order chi connectivity index (χ1) is 8.42. The van der Waals surface area contributed by atoms with Crippen LogP contribution in [0, 0.1) is 11.8 Å². The normalized spacial score (nSPS) is 42.7. The molecule has 1 saturated carbocycles. The van der Waals surface area contributed by atoms with E-state index in [2.05, 4.69) is 6.58 Å². The summed E-state index contributed by atoms with van der Waals surface area (Å²) in [5.41, 5.74) is 1.90. The molecule has 4 atom stereocenters. The van der Waals surface area contributed by atoms with E-state index in [4.69, 9.17) is 4.74 Å². The quantitative estimate of drug-likeness (QED) is 0.526. The van der Waals surface area contributed by atoms with Crippen LogP contribution in [-0.4, -0.2) is 22.8 Å². The summed E-state index contributed by atoms with van der Waals surface area (Å²) in [5, 5.41) is 10.6. The molecular weight excluding hydrogens is 228 g/mol. The molecule has 3 rings (SSSR count). The van der Waals surface area contributed by atoms with Gasteiger partial charge in [-0.3, -0.25) is 0 Å². The maximum absolute atomic E-state index is 11.7. The number of carbonyl (C=O) groups excluding carboxylic acids is 1. The Hall–Kier alpha value is -1.35. The highest BCUT2D eigenvalue weighted by atomic mass is 16.6. The minimum Gasteiger partial charge on any atom is -0.457 e. The summed E-state index contributed by atoms with van der Waals surface area (Å²) < 4.78 is 5.50. The van der Waals surface area contributed by atoms with Crippen molar-refractivity contribution in [3.63, 3.8) is 0 Å². The van der Waals surface area contributed by atoms with E-state index in [9.17, 15) is 9.90 Å². The topological polar surface area (TPSA) is 46.5 Å². The lowest BCUT2D eigenvalue weighted by Gasteiger charge is -2.30. The van der Waals surface area contributed by atoms with Gasteiger partial charge in [0.2, 0.25) is 0 Å². The van der Waals surface area contributed by atoms with Crippen molar-refractivity contribution >= 4 is 5.97 Å². The standard InChI is InChI=1S/C15H18O3/c1-8-4-5-11-12(8)13-10(6-7-15(11,3)17)9(2)14(16)18-13/h4-5,10,12-13,17H,2,6-7H2,1,3H3. The van der Waals surface area contributed by atoms with Crippen molar-refractivity contribution in [1.29, 1.82) is 0 Å². The van der Waals surface area contributed by atoms with Crippen LogP contribution in [-0.2, 0) is 9.53 Å². The number of aliphatic hydroxyl groups is 1. The summed E-state index contributed by atoms with van der Waals surface area (Å²) in [4.78, 5) is 11.7. The Morgan fingerprint density at radius 1 is 1.50 bits per heavy atom. The molecule has 1 heterocycles. The number of ether oxygens (including phenoxy) is 1. The zero-order valence-electron chi connectivity index (χ0n) is 10.8. The SMILES string of the molecule is C=C1C(=O)OC2C1CCC(C)(O)C1=CC=C(C)C12. The van der Waals surface area contributed by atoms with Crippen molar-refractivity contribution in [3.05, 3.63) is 35.5 Å². The number of esters is 1. The van der Waals surface area contributed by atoms with Crippen molar-refractivity contribution in [2.24, 2.45) is 11.8 Å². The van der Waals surface area contributed by atoms with Crippen LogP contribution in [0.3, 0.4) is 0 Å². The van der Waals surface area contributed by atoms with E-state index in [0.29, 0.717) is 12.0 Å². The van der Waals surface area contributed by atoms with E-state index in [1.807, 2.05) is 26.0 Å². The fourth-order valence-corrected chi connectivity index (χ4v) is 3.48. The third-order valence-electron chi connectivity index (χ3n) is 4.59. The molecule has 0 amide bonds. The van der Waals surface area contributed by atoms with Crippen LogP contribution in [0.25, 0.3) is 0 Å². The van der Waals surface area contributed by atoms with Crippen molar-refractivity contribution in [3.8, 4) is 0 Å². The van der Waals surface area contributed by atoms with Crippen molar-refractivity contribution < 1.29 is 14.6 Å². The van der Waals surface area contributed by atoms with E-state index in [1.165, 1.54) is 0 Å². The molecule has 3 aliphatic rings. The molecule has 0 bridgehead atoms. The Bertz CT molecular complexity index is 496. The molecule has 0 aromatic rings. The van der Waals surface area contributed by atoms with Gasteiger partial charge in [-0.15, -0.1) is 0 Å². The molecule has 3 heteroatoms. The second kappa shape index (κ2) is 3.58. The maximum Gasteiger partial charge on any atom is 0.334 e. The molecule has 3 nitrogen and oxygen atoms in total. The highest BCUT2D eigenvalue weighted by Crippen LogP contribution is 2.49. The van der Waals surface area contributed by atoms with Crippen molar-refractivity contribution in [2.75, 3.05) is 0 Å². The molecule has 0 radical (unpaired) electrons. The van der Waals surface area contributed by atoms with Gasteiger partial charge in [-0.25, -0.2) is 4.79 Å². The Morgan fingerprint density at radius 2 is 2.22 bits per heavy atom. The molecule has 1 saturated heterocycles. The molecule has 1 N–H and O–H groups in total. The maximum atomic E-state index is 11.7. The first-order valence-corrected chi connectivity index (χ1v) is 6.43. The largest absolute Gasteiger partial charge is 0.457 e. The molecule has 0 aromatic heterocycles. The minimum atomic E-state index is -0.810. The third kappa shape index (κ3) is 1.43. The Balaban J connectivity index is 2.05. The average Bonchev–Trinajstić information content (AvgIpc) is 2.76. The van der Waals surface area contributed by atoms with E-state index in [1.54, 1.807) is 0 Å². The fourth-order valence-electron chi connectivity index (χ4n) is 3.48. The second-order valence-corrected chi connectivity index (χ2v) is 5.82. The predicted molar refractivity (Wildman–Crippen MR) is 67.7 cm³/mol. The zero-order valence-corrected chi connectivity index (χ0v) is 10.8. The second-order valence-electron chi connectivity index (χ2n) is 5.82. The number of hydrogen-bond acceptors (Lipinski definition) is 3. The van der Waals surface area contributed by atoms with Gasteiger partial charge in [-0.2, -0.15) is 0 Å². The van der Waals surface area contributed by atoms with Crippen LogP contribution < -0.4 is 0 Å². The minimum absolute atomic E-state index is 0.0238. The van der Waals surface area contributed by atoms with E-state index in [-0.39, 0.29) is 23.9 Å². The summed E-state index contributed by atoms with van der Waals surface area (Å²) in [6.07, 6.45) is 5.23. The van der Waals surface area contributed by atoms with Crippen LogP contribution >= 0.6 is 0 Å². The molecule has 1 aliphatic heterocycles. The monoisotopic (exact) mass is 246 g/mol. The molecule has 4 unspecified atom stereocenters. The lowest BCUT2D eigenvalue weighted by molar-refractivity contribution is -0.140. The van der Waals surface area contributed by atoms with Gasteiger partial charge in [0.05, 0.1) is 5.60 Å². The van der Waals surface area contributed by atoms with Crippen LogP contribution in [0.1, 0.15) is 26.7 Å². The van der Waals surface area contributed by atoms with Crippen molar-refractivity contribution in [1.82, 2.24) is 0 Å². The summed E-state index contributed by atoms with van der Waals surface area (Å²) in [6.45, 7) is 7.73. The molecule has 96 valence electrons. The molecule has 18 heavy (non-hydrogen) atoms. The van der Waals surface area contributed by atoms with Crippen LogP contribution in [0.2, 0.25) is 0 Å². The Kier molecular flexibility index (Phi) is 2.33. The van der Waals surface area contributed by atoms with Crippen LogP contribution in [0.5, 0.6) is 0 Å². The van der Waals surface area contributed by atoms with Gasteiger partial charge in [0.1, 0.15) is 6.10 Å². The summed E-state index contributed by atoms with van der Waals surface area (Å²) in [5.74, 6) is -0.206. The first kappa shape index (κ1) is 11.7. The Morgan fingerprint density at radius 3 is 2.94 bits per heavy atom. The number of allylic oxidation sites excluding steroid dienone is 2. The zero-order chi connectivity index (χ0) is 13.1. The van der Waals surface area contributed by atoms with Crippen molar-refractivity contribution in [2.45, 2.75) is 38.4 Å².